The number of piperazine rings is 1. The Balaban J connectivity index is 1.26. The number of sulfonamides is 1. The molecule has 2 aromatic carbocycles. The minimum atomic E-state index is -3.78. The summed E-state index contributed by atoms with van der Waals surface area (Å²) in [6.07, 6.45) is 0.317. The van der Waals surface area contributed by atoms with Crippen LogP contribution in [0.3, 0.4) is 0 Å². The first-order chi connectivity index (χ1) is 20.9. The molecular weight excluding hydrogens is 601 g/mol. The quantitative estimate of drug-likeness (QED) is 0.230. The summed E-state index contributed by atoms with van der Waals surface area (Å²) in [4.78, 5) is 28.7. The number of benzene rings is 2. The SMILES string of the molecule is Cc1nc(NC(=O)O)sc1S(=O)(=O)N1CCN(CC(C)Nc2ncnc3c(-c4cccc(CN(C)C)c4C)cccc23)CC1. The topological polar surface area (TPSA) is 144 Å². The van der Waals surface area contributed by atoms with Gasteiger partial charge in [0, 0.05) is 56.3 Å². The number of hydrogen-bond acceptors (Lipinski definition) is 10. The van der Waals surface area contributed by atoms with Crippen molar-refractivity contribution in [2.24, 2.45) is 0 Å². The van der Waals surface area contributed by atoms with E-state index in [-0.39, 0.29) is 21.1 Å². The molecule has 0 aliphatic carbocycles. The number of aromatic nitrogens is 3. The molecule has 2 aromatic heterocycles. The van der Waals surface area contributed by atoms with Crippen LogP contribution in [0.2, 0.25) is 0 Å². The molecule has 4 aromatic rings. The van der Waals surface area contributed by atoms with E-state index >= 15 is 0 Å². The number of thiazole rings is 1. The van der Waals surface area contributed by atoms with E-state index < -0.39 is 16.1 Å². The van der Waals surface area contributed by atoms with Crippen LogP contribution in [0.25, 0.3) is 22.0 Å². The third-order valence-corrected chi connectivity index (χ3v) is 11.2. The predicted molar refractivity (Wildman–Crippen MR) is 174 cm³/mol. The second kappa shape index (κ2) is 13.1. The van der Waals surface area contributed by atoms with Crippen molar-refractivity contribution in [3.8, 4) is 11.1 Å². The molecule has 12 nitrogen and oxygen atoms in total. The molecule has 234 valence electrons. The fraction of sp³-hybridized carbons (Fsp3) is 0.400. The number of aryl methyl sites for hydroxylation is 1. The van der Waals surface area contributed by atoms with Crippen LogP contribution in [-0.4, -0.2) is 102 Å². The van der Waals surface area contributed by atoms with Gasteiger partial charge in [0.05, 0.1) is 11.2 Å². The van der Waals surface area contributed by atoms with Crippen molar-refractivity contribution in [3.05, 3.63) is 59.5 Å². The highest BCUT2D eigenvalue weighted by Crippen LogP contribution is 2.34. The van der Waals surface area contributed by atoms with E-state index in [1.54, 1.807) is 13.3 Å². The molecule has 1 fully saturated rings. The highest BCUT2D eigenvalue weighted by molar-refractivity contribution is 7.91. The third kappa shape index (κ3) is 6.84. The average Bonchev–Trinajstić information content (AvgIpc) is 3.34. The lowest BCUT2D eigenvalue weighted by atomic mass is 9.94. The summed E-state index contributed by atoms with van der Waals surface area (Å²) >= 11 is 0.835. The van der Waals surface area contributed by atoms with Gasteiger partial charge in [0.1, 0.15) is 12.1 Å². The first kappa shape index (κ1) is 31.7. The first-order valence-corrected chi connectivity index (χ1v) is 16.6. The smallest absolute Gasteiger partial charge is 0.410 e. The van der Waals surface area contributed by atoms with E-state index in [0.29, 0.717) is 32.7 Å². The van der Waals surface area contributed by atoms with Crippen LogP contribution in [-0.2, 0) is 16.6 Å². The fourth-order valence-electron chi connectivity index (χ4n) is 5.61. The van der Waals surface area contributed by atoms with Crippen LogP contribution in [0, 0.1) is 13.8 Å². The summed E-state index contributed by atoms with van der Waals surface area (Å²) in [6, 6.07) is 12.6. The molecule has 0 bridgehead atoms. The van der Waals surface area contributed by atoms with Gasteiger partial charge in [-0.25, -0.2) is 28.2 Å². The Bertz CT molecular complexity index is 1770. The van der Waals surface area contributed by atoms with E-state index in [4.69, 9.17) is 5.11 Å². The number of rotatable bonds is 10. The second-order valence-electron chi connectivity index (χ2n) is 11.3. The van der Waals surface area contributed by atoms with Gasteiger partial charge < -0.3 is 15.3 Å². The standard InChI is InChI=1S/C30H38N8O4S2/c1-19(16-37-12-14-38(15-13-37)44(41,42)28-21(3)34-29(43-28)35-30(39)40)33-27-25-11-7-10-24(26(25)31-18-32-27)23-9-6-8-22(20(23)2)17-36(4)5/h6-11,18-19H,12-17H2,1-5H3,(H,34,35)(H,39,40)(H,31,32,33). The van der Waals surface area contributed by atoms with Crippen molar-refractivity contribution >= 4 is 49.3 Å². The van der Waals surface area contributed by atoms with Gasteiger partial charge in [-0.2, -0.15) is 4.31 Å². The molecule has 0 spiro atoms. The van der Waals surface area contributed by atoms with Gasteiger partial charge in [0.15, 0.2) is 9.34 Å². The molecule has 5 rings (SSSR count). The predicted octanol–water partition coefficient (Wildman–Crippen LogP) is 4.33. The Morgan fingerprint density at radius 3 is 2.48 bits per heavy atom. The van der Waals surface area contributed by atoms with Gasteiger partial charge in [-0.05, 0) is 57.6 Å². The summed E-state index contributed by atoms with van der Waals surface area (Å²) in [5, 5.41) is 15.6. The van der Waals surface area contributed by atoms with Gasteiger partial charge in [-0.1, -0.05) is 41.7 Å². The molecule has 14 heteroatoms. The zero-order chi connectivity index (χ0) is 31.6. The van der Waals surface area contributed by atoms with Crippen molar-refractivity contribution in [2.75, 3.05) is 57.5 Å². The minimum absolute atomic E-state index is 0.0402. The number of carboxylic acid groups (broad SMARTS) is 1. The van der Waals surface area contributed by atoms with Crippen molar-refractivity contribution in [1.29, 1.82) is 0 Å². The summed E-state index contributed by atoms with van der Waals surface area (Å²) in [5.74, 6) is 0.763. The number of nitrogens with zero attached hydrogens (tertiary/aromatic N) is 6. The molecule has 3 heterocycles. The highest BCUT2D eigenvalue weighted by Gasteiger charge is 2.32. The lowest BCUT2D eigenvalue weighted by molar-refractivity contribution is 0.184. The maximum absolute atomic E-state index is 13.3. The largest absolute Gasteiger partial charge is 0.465 e. The highest BCUT2D eigenvalue weighted by atomic mass is 32.2. The maximum atomic E-state index is 13.3. The molecule has 44 heavy (non-hydrogen) atoms. The summed E-state index contributed by atoms with van der Waals surface area (Å²) in [5.41, 5.74) is 5.91. The van der Waals surface area contributed by atoms with Gasteiger partial charge in [-0.3, -0.25) is 10.2 Å². The van der Waals surface area contributed by atoms with Gasteiger partial charge in [0.25, 0.3) is 10.0 Å². The van der Waals surface area contributed by atoms with Gasteiger partial charge in [-0.15, -0.1) is 0 Å². The molecule has 1 aliphatic heterocycles. The molecule has 0 saturated carbocycles. The summed E-state index contributed by atoms with van der Waals surface area (Å²) in [6.45, 7) is 9.20. The lowest BCUT2D eigenvalue weighted by Crippen LogP contribution is -2.50. The normalized spacial score (nSPS) is 15.5. The van der Waals surface area contributed by atoms with E-state index in [1.165, 1.54) is 15.4 Å². The zero-order valence-corrected chi connectivity index (χ0v) is 27.2. The second-order valence-corrected chi connectivity index (χ2v) is 14.5. The first-order valence-electron chi connectivity index (χ1n) is 14.4. The van der Waals surface area contributed by atoms with Crippen LogP contribution < -0.4 is 10.6 Å². The van der Waals surface area contributed by atoms with Crippen molar-refractivity contribution < 1.29 is 18.3 Å². The minimum Gasteiger partial charge on any atom is -0.465 e. The molecule has 3 N–H and O–H groups in total. The molecule has 1 unspecified atom stereocenters. The van der Waals surface area contributed by atoms with Crippen molar-refractivity contribution in [2.45, 2.75) is 37.6 Å². The van der Waals surface area contributed by atoms with Crippen LogP contribution in [0.15, 0.2) is 46.9 Å². The number of para-hydroxylation sites is 1. The third-order valence-electron chi connectivity index (χ3n) is 7.68. The molecule has 1 aliphatic rings. The van der Waals surface area contributed by atoms with Crippen LogP contribution >= 0.6 is 11.3 Å². The van der Waals surface area contributed by atoms with Gasteiger partial charge in [0.2, 0.25) is 0 Å². The maximum Gasteiger partial charge on any atom is 0.410 e. The Hall–Kier alpha value is -3.69. The summed E-state index contributed by atoms with van der Waals surface area (Å²) in [7, 11) is 0.363. The van der Waals surface area contributed by atoms with Gasteiger partial charge >= 0.3 is 6.09 Å². The Kier molecular flexibility index (Phi) is 9.46. The zero-order valence-electron chi connectivity index (χ0n) is 25.5. The average molecular weight is 639 g/mol. The van der Waals surface area contributed by atoms with Crippen LogP contribution in [0.5, 0.6) is 0 Å². The molecule has 0 radical (unpaired) electrons. The monoisotopic (exact) mass is 638 g/mol. The molecular formula is C30H38N8O4S2. The van der Waals surface area contributed by atoms with Crippen molar-refractivity contribution in [3.63, 3.8) is 0 Å². The van der Waals surface area contributed by atoms with E-state index in [9.17, 15) is 13.2 Å². The van der Waals surface area contributed by atoms with Crippen molar-refractivity contribution in [1.82, 2.24) is 29.1 Å². The van der Waals surface area contributed by atoms with Crippen LogP contribution in [0.1, 0.15) is 23.7 Å². The fourth-order valence-corrected chi connectivity index (χ4v) is 8.57. The van der Waals surface area contributed by atoms with E-state index in [0.717, 1.165) is 45.7 Å². The number of anilines is 2. The number of fused-ring (bicyclic) bond motifs is 1. The number of carbonyl (C=O) groups is 1. The Morgan fingerprint density at radius 1 is 1.07 bits per heavy atom. The molecule has 1 saturated heterocycles. The Morgan fingerprint density at radius 2 is 1.77 bits per heavy atom. The lowest BCUT2D eigenvalue weighted by Gasteiger charge is -2.35. The van der Waals surface area contributed by atoms with Crippen LogP contribution in [0.4, 0.5) is 15.7 Å². The molecule has 1 atom stereocenters. The van der Waals surface area contributed by atoms with E-state index in [2.05, 4.69) is 87.6 Å². The summed E-state index contributed by atoms with van der Waals surface area (Å²) < 4.78 is 28.1. The number of amides is 1. The number of nitrogens with one attached hydrogen (secondary N) is 2. The Labute approximate surface area is 261 Å². The van der Waals surface area contributed by atoms with E-state index in [1.807, 2.05) is 12.1 Å². The molecule has 1 amide bonds. The number of hydrogen-bond donors (Lipinski definition) is 3.